The largest absolute Gasteiger partial charge is 0.493 e. The van der Waals surface area contributed by atoms with E-state index in [-0.39, 0.29) is 19.1 Å². The Bertz CT molecular complexity index is 1320. The van der Waals surface area contributed by atoms with Gasteiger partial charge >= 0.3 is 0 Å². The molecule has 0 N–H and O–H groups in total. The van der Waals surface area contributed by atoms with Crippen molar-refractivity contribution in [2.45, 2.75) is 19.5 Å². The zero-order valence-electron chi connectivity index (χ0n) is 22.0. The Morgan fingerprint density at radius 2 is 1.53 bits per heavy atom. The van der Waals surface area contributed by atoms with Gasteiger partial charge < -0.3 is 14.4 Å². The van der Waals surface area contributed by atoms with Crippen LogP contribution in [-0.2, 0) is 27.9 Å². The third-order valence-corrected chi connectivity index (χ3v) is 7.75. The molecule has 4 rings (SSSR count). The maximum Gasteiger partial charge on any atom is 0.260 e. The van der Waals surface area contributed by atoms with Crippen LogP contribution in [0.3, 0.4) is 0 Å². The van der Waals surface area contributed by atoms with E-state index in [0.717, 1.165) is 5.56 Å². The fraction of sp³-hybridized carbons (Fsp3) is 0.345. The Balaban J connectivity index is 1.60. The number of carbonyl (C=O) groups excluding carboxylic acids is 1. The standard InChI is InChI=1S/C29H35N3O5S/c1-36-27-15-8-9-16-28(27)37-23-29(33)31-20-19-30(21-24-11-4-3-5-12-24)17-10-18-32(38(2,34)35)26-14-7-6-13-25(26)22-31/h3-9,11-16H,10,17-23H2,1-2H3. The van der Waals surface area contributed by atoms with Crippen LogP contribution in [0.4, 0.5) is 5.69 Å². The fourth-order valence-electron chi connectivity index (χ4n) is 4.63. The van der Waals surface area contributed by atoms with Gasteiger partial charge in [-0.05, 0) is 35.7 Å². The molecule has 0 saturated heterocycles. The van der Waals surface area contributed by atoms with Gasteiger partial charge in [-0.15, -0.1) is 0 Å². The topological polar surface area (TPSA) is 79.4 Å². The van der Waals surface area contributed by atoms with Crippen LogP contribution in [0.1, 0.15) is 17.5 Å². The number of anilines is 1. The lowest BCUT2D eigenvalue weighted by Crippen LogP contribution is -2.40. The molecule has 0 unspecified atom stereocenters. The van der Waals surface area contributed by atoms with Gasteiger partial charge in [0.25, 0.3) is 5.91 Å². The zero-order chi connectivity index (χ0) is 27.0. The van der Waals surface area contributed by atoms with Gasteiger partial charge in [0, 0.05) is 39.3 Å². The molecule has 3 aromatic rings. The number of amides is 1. The van der Waals surface area contributed by atoms with E-state index in [4.69, 9.17) is 9.47 Å². The van der Waals surface area contributed by atoms with Crippen molar-refractivity contribution in [2.24, 2.45) is 0 Å². The van der Waals surface area contributed by atoms with E-state index in [0.29, 0.717) is 56.3 Å². The monoisotopic (exact) mass is 537 g/mol. The highest BCUT2D eigenvalue weighted by Gasteiger charge is 2.25. The number of para-hydroxylation sites is 3. The fourth-order valence-corrected chi connectivity index (χ4v) is 5.63. The van der Waals surface area contributed by atoms with Crippen LogP contribution in [0.25, 0.3) is 0 Å². The van der Waals surface area contributed by atoms with E-state index in [9.17, 15) is 13.2 Å². The molecule has 1 aliphatic rings. The second-order valence-electron chi connectivity index (χ2n) is 9.33. The van der Waals surface area contributed by atoms with E-state index in [1.807, 2.05) is 54.6 Å². The van der Waals surface area contributed by atoms with Crippen molar-refractivity contribution >= 4 is 21.6 Å². The second kappa shape index (κ2) is 12.8. The van der Waals surface area contributed by atoms with Gasteiger partial charge in [0.15, 0.2) is 18.1 Å². The van der Waals surface area contributed by atoms with E-state index in [2.05, 4.69) is 17.0 Å². The van der Waals surface area contributed by atoms with E-state index in [1.165, 1.54) is 16.1 Å². The van der Waals surface area contributed by atoms with Gasteiger partial charge in [-0.1, -0.05) is 60.7 Å². The SMILES string of the molecule is COc1ccccc1OCC(=O)N1CCN(Cc2ccccc2)CCCN(S(C)(=O)=O)c2ccccc2C1. The molecule has 3 aromatic carbocycles. The van der Waals surface area contributed by atoms with E-state index in [1.54, 1.807) is 24.1 Å². The molecule has 0 aromatic heterocycles. The molecule has 9 heteroatoms. The Hall–Kier alpha value is -3.56. The van der Waals surface area contributed by atoms with Gasteiger partial charge in [0.05, 0.1) is 19.1 Å². The first-order valence-electron chi connectivity index (χ1n) is 12.7. The van der Waals surface area contributed by atoms with Gasteiger partial charge in [0.1, 0.15) is 0 Å². The van der Waals surface area contributed by atoms with Gasteiger partial charge in [-0.2, -0.15) is 0 Å². The summed E-state index contributed by atoms with van der Waals surface area (Å²) in [5, 5.41) is 0. The van der Waals surface area contributed by atoms with Gasteiger partial charge in [-0.25, -0.2) is 8.42 Å². The molecule has 0 fully saturated rings. The first-order valence-corrected chi connectivity index (χ1v) is 14.6. The van der Waals surface area contributed by atoms with Crippen LogP contribution in [0.2, 0.25) is 0 Å². The summed E-state index contributed by atoms with van der Waals surface area (Å²) in [4.78, 5) is 17.5. The first-order chi connectivity index (χ1) is 18.3. The van der Waals surface area contributed by atoms with Crippen LogP contribution >= 0.6 is 0 Å². The summed E-state index contributed by atoms with van der Waals surface area (Å²) >= 11 is 0. The molecule has 0 radical (unpaired) electrons. The van der Waals surface area contributed by atoms with Crippen molar-refractivity contribution in [3.63, 3.8) is 0 Å². The summed E-state index contributed by atoms with van der Waals surface area (Å²) in [6, 6.07) is 24.8. The molecule has 0 atom stereocenters. The summed E-state index contributed by atoms with van der Waals surface area (Å²) in [6.07, 6.45) is 1.90. The number of benzene rings is 3. The highest BCUT2D eigenvalue weighted by Crippen LogP contribution is 2.27. The number of sulfonamides is 1. The molecule has 38 heavy (non-hydrogen) atoms. The van der Waals surface area contributed by atoms with Crippen molar-refractivity contribution < 1.29 is 22.7 Å². The molecule has 8 nitrogen and oxygen atoms in total. The summed E-state index contributed by atoms with van der Waals surface area (Å²) in [7, 11) is -1.95. The van der Waals surface area contributed by atoms with E-state index < -0.39 is 10.0 Å². The average Bonchev–Trinajstić information content (AvgIpc) is 2.95. The Morgan fingerprint density at radius 1 is 0.842 bits per heavy atom. The molecular weight excluding hydrogens is 502 g/mol. The van der Waals surface area contributed by atoms with Gasteiger partial charge in [-0.3, -0.25) is 14.0 Å². The average molecular weight is 538 g/mol. The first kappa shape index (κ1) is 27.5. The van der Waals surface area contributed by atoms with Crippen LogP contribution in [0, 0.1) is 0 Å². The number of nitrogens with zero attached hydrogens (tertiary/aromatic N) is 3. The summed E-state index contributed by atoms with van der Waals surface area (Å²) in [5.41, 5.74) is 2.55. The lowest BCUT2D eigenvalue weighted by Gasteiger charge is -2.28. The summed E-state index contributed by atoms with van der Waals surface area (Å²) in [6.45, 7) is 3.03. The number of rotatable bonds is 7. The number of hydrogen-bond acceptors (Lipinski definition) is 6. The number of fused-ring (bicyclic) bond motifs is 1. The van der Waals surface area contributed by atoms with Gasteiger partial charge in [0.2, 0.25) is 10.0 Å². The molecule has 0 aliphatic carbocycles. The maximum atomic E-state index is 13.5. The molecule has 0 bridgehead atoms. The third-order valence-electron chi connectivity index (χ3n) is 6.57. The Morgan fingerprint density at radius 3 is 2.26 bits per heavy atom. The molecule has 0 saturated carbocycles. The molecular formula is C29H35N3O5S. The minimum atomic E-state index is -3.51. The number of ether oxygens (including phenoxy) is 2. The van der Waals surface area contributed by atoms with Crippen LogP contribution in [-0.4, -0.2) is 70.3 Å². The summed E-state index contributed by atoms with van der Waals surface area (Å²) in [5.74, 6) is 0.868. The number of carbonyl (C=O) groups is 1. The van der Waals surface area contributed by atoms with Crippen molar-refractivity contribution in [3.8, 4) is 11.5 Å². The molecule has 1 amide bonds. The Labute approximate surface area is 225 Å². The smallest absolute Gasteiger partial charge is 0.260 e. The maximum absolute atomic E-state index is 13.5. The number of hydrogen-bond donors (Lipinski definition) is 0. The predicted octanol–water partition coefficient (Wildman–Crippen LogP) is 3.77. The molecule has 0 spiro atoms. The molecule has 1 aliphatic heterocycles. The normalized spacial score (nSPS) is 15.3. The minimum absolute atomic E-state index is 0.156. The summed E-state index contributed by atoms with van der Waals surface area (Å²) < 4.78 is 38.3. The second-order valence-corrected chi connectivity index (χ2v) is 11.2. The predicted molar refractivity (Wildman–Crippen MR) is 149 cm³/mol. The highest BCUT2D eigenvalue weighted by molar-refractivity contribution is 7.92. The molecule has 1 heterocycles. The third kappa shape index (κ3) is 7.26. The molecule has 202 valence electrons. The quantitative estimate of drug-likeness (QED) is 0.457. The lowest BCUT2D eigenvalue weighted by molar-refractivity contribution is -0.134. The van der Waals surface area contributed by atoms with Crippen LogP contribution < -0.4 is 13.8 Å². The lowest BCUT2D eigenvalue weighted by atomic mass is 10.1. The highest BCUT2D eigenvalue weighted by atomic mass is 32.2. The van der Waals surface area contributed by atoms with Crippen molar-refractivity contribution in [2.75, 3.05) is 50.5 Å². The van der Waals surface area contributed by atoms with E-state index >= 15 is 0 Å². The minimum Gasteiger partial charge on any atom is -0.493 e. The van der Waals surface area contributed by atoms with Crippen LogP contribution in [0.5, 0.6) is 11.5 Å². The number of methoxy groups -OCH3 is 1. The van der Waals surface area contributed by atoms with Crippen molar-refractivity contribution in [1.82, 2.24) is 9.80 Å². The van der Waals surface area contributed by atoms with Crippen molar-refractivity contribution in [3.05, 3.63) is 90.0 Å². The Kier molecular flexibility index (Phi) is 9.25. The van der Waals surface area contributed by atoms with Crippen LogP contribution in [0.15, 0.2) is 78.9 Å². The van der Waals surface area contributed by atoms with Crippen molar-refractivity contribution in [1.29, 1.82) is 0 Å². The zero-order valence-corrected chi connectivity index (χ0v) is 22.8.